The molecule has 0 radical (unpaired) electrons. The zero-order valence-corrected chi connectivity index (χ0v) is 22.4. The number of ether oxygens (including phenoxy) is 2. The molecular formula is C34H30N2O5. The van der Waals surface area contributed by atoms with Crippen molar-refractivity contribution < 1.29 is 24.2 Å². The van der Waals surface area contributed by atoms with Crippen molar-refractivity contribution in [3.8, 4) is 11.5 Å². The molecule has 1 unspecified atom stereocenters. The van der Waals surface area contributed by atoms with Gasteiger partial charge in [-0.1, -0.05) is 91.0 Å². The van der Waals surface area contributed by atoms with Crippen LogP contribution in [0.5, 0.6) is 11.5 Å². The molecule has 0 bridgehead atoms. The van der Waals surface area contributed by atoms with E-state index < -0.39 is 11.7 Å². The third-order valence-corrected chi connectivity index (χ3v) is 7.55. The van der Waals surface area contributed by atoms with Gasteiger partial charge in [-0.05, 0) is 35.7 Å². The molecule has 0 fully saturated rings. The van der Waals surface area contributed by atoms with Gasteiger partial charge in [0.05, 0.1) is 0 Å². The summed E-state index contributed by atoms with van der Waals surface area (Å²) in [5.41, 5.74) is 1.44. The topological polar surface area (TPSA) is 96.9 Å². The highest BCUT2D eigenvalue weighted by Gasteiger charge is 2.43. The van der Waals surface area contributed by atoms with Crippen LogP contribution in [0.4, 0.5) is 4.79 Å². The lowest BCUT2D eigenvalue weighted by Gasteiger charge is -2.40. The van der Waals surface area contributed by atoms with E-state index in [0.717, 1.165) is 38.4 Å². The summed E-state index contributed by atoms with van der Waals surface area (Å²) < 4.78 is 13.7. The molecule has 2 amide bonds. The maximum atomic E-state index is 12.8. The van der Waals surface area contributed by atoms with Crippen molar-refractivity contribution >= 4 is 33.5 Å². The van der Waals surface area contributed by atoms with Crippen molar-refractivity contribution in [2.75, 3.05) is 19.7 Å². The minimum absolute atomic E-state index is 0.180. The average molecular weight is 547 g/mol. The second-order valence-electron chi connectivity index (χ2n) is 10.1. The van der Waals surface area contributed by atoms with Crippen LogP contribution in [0.1, 0.15) is 34.3 Å². The van der Waals surface area contributed by atoms with E-state index in [1.165, 1.54) is 0 Å². The van der Waals surface area contributed by atoms with E-state index in [2.05, 4.69) is 34.9 Å². The zero-order chi connectivity index (χ0) is 28.2. The number of unbranched alkanes of at least 4 members (excludes halogenated alkanes) is 1. The summed E-state index contributed by atoms with van der Waals surface area (Å²) >= 11 is 0. The Morgan fingerprint density at radius 3 is 1.83 bits per heavy atom. The Bertz CT molecular complexity index is 1720. The fraction of sp³-hybridized carbons (Fsp3) is 0.176. The minimum atomic E-state index is -1.04. The first kappa shape index (κ1) is 26.2. The molecule has 3 N–H and O–H groups in total. The minimum Gasteiger partial charge on any atom is -0.484 e. The lowest BCUT2D eigenvalue weighted by Crippen LogP contribution is -2.43. The van der Waals surface area contributed by atoms with Crippen molar-refractivity contribution in [3.05, 3.63) is 120 Å². The van der Waals surface area contributed by atoms with Gasteiger partial charge in [0, 0.05) is 40.6 Å². The average Bonchev–Trinajstić information content (AvgIpc) is 3.03. The summed E-state index contributed by atoms with van der Waals surface area (Å²) in [6.45, 7) is 1.09. The van der Waals surface area contributed by atoms with E-state index >= 15 is 0 Å². The first-order valence-electron chi connectivity index (χ1n) is 13.7. The predicted octanol–water partition coefficient (Wildman–Crippen LogP) is 6.49. The Balaban J connectivity index is 1.32. The molecule has 7 nitrogen and oxygen atoms in total. The molecule has 7 heteroatoms. The van der Waals surface area contributed by atoms with Crippen molar-refractivity contribution in [3.63, 3.8) is 0 Å². The first-order chi connectivity index (χ1) is 20.1. The summed E-state index contributed by atoms with van der Waals surface area (Å²) in [5.74, 6) is 1.26. The number of hydrogen-bond acceptors (Lipinski definition) is 4. The van der Waals surface area contributed by atoms with Crippen LogP contribution in [0.15, 0.2) is 103 Å². The number of fused-ring (bicyclic) bond motifs is 6. The molecule has 5 aromatic rings. The smallest absolute Gasteiger partial charge is 0.404 e. The lowest BCUT2D eigenvalue weighted by molar-refractivity contribution is 0.0235. The third kappa shape index (κ3) is 5.02. The quantitative estimate of drug-likeness (QED) is 0.153. The Morgan fingerprint density at radius 2 is 1.20 bits per heavy atom. The molecule has 206 valence electrons. The second-order valence-corrected chi connectivity index (χ2v) is 10.1. The first-order valence-corrected chi connectivity index (χ1v) is 13.7. The van der Waals surface area contributed by atoms with Crippen LogP contribution in [0.25, 0.3) is 21.5 Å². The molecule has 5 aromatic carbocycles. The number of carbonyl (C=O) groups excluding carboxylic acids is 1. The number of hydrogen-bond donors (Lipinski definition) is 3. The molecule has 0 aromatic heterocycles. The lowest BCUT2D eigenvalue weighted by atomic mass is 9.85. The third-order valence-electron chi connectivity index (χ3n) is 7.55. The van der Waals surface area contributed by atoms with Crippen LogP contribution in [0.2, 0.25) is 0 Å². The summed E-state index contributed by atoms with van der Waals surface area (Å²) in [4.78, 5) is 23.3. The molecule has 1 aliphatic heterocycles. The van der Waals surface area contributed by atoms with Gasteiger partial charge in [-0.15, -0.1) is 0 Å². The van der Waals surface area contributed by atoms with Crippen molar-refractivity contribution in [2.45, 2.75) is 18.4 Å². The molecule has 6 rings (SSSR count). The maximum absolute atomic E-state index is 12.8. The van der Waals surface area contributed by atoms with Gasteiger partial charge in [-0.3, -0.25) is 4.79 Å². The number of benzene rings is 5. The number of rotatable bonds is 8. The van der Waals surface area contributed by atoms with Gasteiger partial charge in [-0.25, -0.2) is 4.79 Å². The Kier molecular flexibility index (Phi) is 7.17. The van der Waals surface area contributed by atoms with Gasteiger partial charge in [-0.2, -0.15) is 0 Å². The maximum Gasteiger partial charge on any atom is 0.404 e. The van der Waals surface area contributed by atoms with Crippen LogP contribution in [-0.2, 0) is 5.60 Å². The second kappa shape index (κ2) is 11.2. The fourth-order valence-corrected chi connectivity index (χ4v) is 5.50. The molecule has 1 atom stereocenters. The van der Waals surface area contributed by atoms with Crippen molar-refractivity contribution in [1.29, 1.82) is 0 Å². The van der Waals surface area contributed by atoms with Crippen molar-refractivity contribution in [2.24, 2.45) is 0 Å². The van der Waals surface area contributed by atoms with Crippen LogP contribution < -0.4 is 20.1 Å². The SMILES string of the molecule is O=C(O)NCCCCNC(=O)c1ccc(C2(c3ccccc3)COc3c(c4ccccc4c4ccccc34)O2)cc1. The van der Waals surface area contributed by atoms with E-state index in [4.69, 9.17) is 14.6 Å². The van der Waals surface area contributed by atoms with Crippen LogP contribution in [0, 0.1) is 0 Å². The standard InChI is InChI=1S/C34H30N2O5/c37-32(35-20-8-9-21-36-33(38)39)23-16-18-25(19-17-23)34(24-10-2-1-3-11-24)22-40-30-28-14-6-4-12-26(28)27-13-5-7-15-29(27)31(30)41-34/h1-7,10-19,36H,8-9,20-22H2,(H,35,37)(H,38,39). The summed E-state index contributed by atoms with van der Waals surface area (Å²) in [6.07, 6.45) is 0.280. The van der Waals surface area contributed by atoms with Gasteiger partial charge in [0.25, 0.3) is 5.91 Å². The van der Waals surface area contributed by atoms with E-state index in [-0.39, 0.29) is 12.5 Å². The van der Waals surface area contributed by atoms with Gasteiger partial charge >= 0.3 is 6.09 Å². The Labute approximate surface area is 237 Å². The van der Waals surface area contributed by atoms with Crippen LogP contribution in [0.3, 0.4) is 0 Å². The van der Waals surface area contributed by atoms with Crippen molar-refractivity contribution in [1.82, 2.24) is 10.6 Å². The zero-order valence-electron chi connectivity index (χ0n) is 22.4. The molecule has 1 aliphatic rings. The molecule has 0 saturated heterocycles. The molecule has 1 heterocycles. The highest BCUT2D eigenvalue weighted by molar-refractivity contribution is 6.13. The van der Waals surface area contributed by atoms with Crippen LogP contribution in [-0.4, -0.2) is 36.8 Å². The normalized spacial score (nSPS) is 15.9. The number of carboxylic acid groups (broad SMARTS) is 1. The monoisotopic (exact) mass is 546 g/mol. The van der Waals surface area contributed by atoms with Crippen LogP contribution >= 0.6 is 0 Å². The molecule has 0 aliphatic carbocycles. The molecular weight excluding hydrogens is 516 g/mol. The highest BCUT2D eigenvalue weighted by Crippen LogP contribution is 2.50. The molecule has 0 saturated carbocycles. The summed E-state index contributed by atoms with van der Waals surface area (Å²) in [6, 6.07) is 33.9. The van der Waals surface area contributed by atoms with Gasteiger partial charge < -0.3 is 25.2 Å². The predicted molar refractivity (Wildman–Crippen MR) is 159 cm³/mol. The van der Waals surface area contributed by atoms with Gasteiger partial charge in [0.15, 0.2) is 17.1 Å². The van der Waals surface area contributed by atoms with E-state index in [1.807, 2.05) is 66.7 Å². The molecule has 41 heavy (non-hydrogen) atoms. The van der Waals surface area contributed by atoms with E-state index in [9.17, 15) is 9.59 Å². The Morgan fingerprint density at radius 1 is 0.659 bits per heavy atom. The Hall–Kier alpha value is -5.04. The fourth-order valence-electron chi connectivity index (χ4n) is 5.50. The highest BCUT2D eigenvalue weighted by atomic mass is 16.6. The van der Waals surface area contributed by atoms with Gasteiger partial charge in [0.2, 0.25) is 0 Å². The number of carbonyl (C=O) groups is 2. The van der Waals surface area contributed by atoms with E-state index in [0.29, 0.717) is 37.2 Å². The largest absolute Gasteiger partial charge is 0.484 e. The molecule has 0 spiro atoms. The van der Waals surface area contributed by atoms with E-state index in [1.54, 1.807) is 12.1 Å². The number of amides is 2. The number of nitrogens with one attached hydrogen (secondary N) is 2. The summed E-state index contributed by atoms with van der Waals surface area (Å²) in [7, 11) is 0. The summed E-state index contributed by atoms with van der Waals surface area (Å²) in [5, 5.41) is 18.1. The van der Waals surface area contributed by atoms with Gasteiger partial charge in [0.1, 0.15) is 6.61 Å².